The van der Waals surface area contributed by atoms with Crippen molar-refractivity contribution in [2.75, 3.05) is 24.3 Å². The number of ether oxygens (including phenoxy) is 2. The number of thiophene rings is 1. The SMILES string of the molecule is O=C(CSc1n[nH]c(Cc2cccs2)n1)Nc1ccc2c(c1)OCCO2. The van der Waals surface area contributed by atoms with Crippen molar-refractivity contribution in [2.45, 2.75) is 11.6 Å². The third-order valence-electron chi connectivity index (χ3n) is 3.59. The highest BCUT2D eigenvalue weighted by atomic mass is 32.2. The summed E-state index contributed by atoms with van der Waals surface area (Å²) in [6.07, 6.45) is 0.717. The maximum atomic E-state index is 12.1. The standard InChI is InChI=1S/C17H16N4O3S2/c22-16(18-11-3-4-13-14(8-11)24-6-5-23-13)10-26-17-19-15(20-21-17)9-12-2-1-7-25-12/h1-4,7-8H,5-6,9-10H2,(H,18,22)(H,19,20,21). The second-order valence-corrected chi connectivity index (χ2v) is 7.49. The Morgan fingerprint density at radius 2 is 2.15 bits per heavy atom. The van der Waals surface area contributed by atoms with Crippen LogP contribution in [0.4, 0.5) is 5.69 Å². The van der Waals surface area contributed by atoms with Gasteiger partial charge in [0.25, 0.3) is 0 Å². The van der Waals surface area contributed by atoms with Crippen LogP contribution in [-0.2, 0) is 11.2 Å². The van der Waals surface area contributed by atoms with Crippen LogP contribution in [-0.4, -0.2) is 40.1 Å². The Hall–Kier alpha value is -2.52. The summed E-state index contributed by atoms with van der Waals surface area (Å²) in [6.45, 7) is 1.05. The van der Waals surface area contributed by atoms with Gasteiger partial charge in [0.15, 0.2) is 11.5 Å². The van der Waals surface area contributed by atoms with Crippen LogP contribution in [0.5, 0.6) is 11.5 Å². The Labute approximate surface area is 158 Å². The third kappa shape index (κ3) is 4.17. The van der Waals surface area contributed by atoms with E-state index in [1.54, 1.807) is 29.5 Å². The molecule has 0 radical (unpaired) electrons. The molecule has 2 aromatic heterocycles. The monoisotopic (exact) mass is 388 g/mol. The molecule has 4 rings (SSSR count). The fourth-order valence-electron chi connectivity index (χ4n) is 2.45. The summed E-state index contributed by atoms with van der Waals surface area (Å²) in [6, 6.07) is 9.42. The number of carbonyl (C=O) groups excluding carboxylic acids is 1. The number of amides is 1. The summed E-state index contributed by atoms with van der Waals surface area (Å²) in [5.74, 6) is 2.24. The van der Waals surface area contributed by atoms with E-state index in [9.17, 15) is 4.79 Å². The van der Waals surface area contributed by atoms with E-state index < -0.39 is 0 Å². The minimum Gasteiger partial charge on any atom is -0.486 e. The quantitative estimate of drug-likeness (QED) is 0.631. The van der Waals surface area contributed by atoms with E-state index in [4.69, 9.17) is 9.47 Å². The lowest BCUT2D eigenvalue weighted by Crippen LogP contribution is -2.17. The number of benzene rings is 1. The lowest BCUT2D eigenvalue weighted by Gasteiger charge is -2.18. The average molecular weight is 388 g/mol. The second-order valence-electron chi connectivity index (χ2n) is 5.52. The lowest BCUT2D eigenvalue weighted by atomic mass is 10.2. The largest absolute Gasteiger partial charge is 0.486 e. The van der Waals surface area contributed by atoms with Crippen LogP contribution in [0.25, 0.3) is 0 Å². The van der Waals surface area contributed by atoms with Gasteiger partial charge in [-0.05, 0) is 23.6 Å². The van der Waals surface area contributed by atoms with Gasteiger partial charge in [-0.15, -0.1) is 16.4 Å². The molecule has 0 saturated heterocycles. The number of hydrogen-bond donors (Lipinski definition) is 2. The van der Waals surface area contributed by atoms with Crippen molar-refractivity contribution in [2.24, 2.45) is 0 Å². The highest BCUT2D eigenvalue weighted by molar-refractivity contribution is 7.99. The number of H-pyrrole nitrogens is 1. The van der Waals surface area contributed by atoms with Crippen LogP contribution in [0.3, 0.4) is 0 Å². The first-order valence-corrected chi connectivity index (χ1v) is 9.89. The van der Waals surface area contributed by atoms with E-state index in [0.717, 1.165) is 5.82 Å². The Bertz CT molecular complexity index is 895. The fourth-order valence-corrected chi connectivity index (χ4v) is 3.77. The number of rotatable bonds is 6. The van der Waals surface area contributed by atoms with Crippen molar-refractivity contribution in [1.29, 1.82) is 0 Å². The van der Waals surface area contributed by atoms with Gasteiger partial charge in [-0.2, -0.15) is 0 Å². The first kappa shape index (κ1) is 16.9. The maximum absolute atomic E-state index is 12.1. The number of nitrogens with one attached hydrogen (secondary N) is 2. The number of anilines is 1. The molecule has 134 valence electrons. The number of carbonyl (C=O) groups is 1. The summed E-state index contributed by atoms with van der Waals surface area (Å²) < 4.78 is 11.0. The molecule has 0 bridgehead atoms. The van der Waals surface area contributed by atoms with Gasteiger partial charge in [0.2, 0.25) is 11.1 Å². The van der Waals surface area contributed by atoms with E-state index in [-0.39, 0.29) is 11.7 Å². The van der Waals surface area contributed by atoms with Crippen molar-refractivity contribution in [3.05, 3.63) is 46.4 Å². The number of fused-ring (bicyclic) bond motifs is 1. The van der Waals surface area contributed by atoms with Gasteiger partial charge in [-0.25, -0.2) is 4.98 Å². The van der Waals surface area contributed by atoms with Crippen LogP contribution < -0.4 is 14.8 Å². The van der Waals surface area contributed by atoms with Crippen LogP contribution in [0.1, 0.15) is 10.7 Å². The molecule has 1 aliphatic rings. The molecule has 3 aromatic rings. The zero-order valence-corrected chi connectivity index (χ0v) is 15.4. The molecule has 2 N–H and O–H groups in total. The highest BCUT2D eigenvalue weighted by Crippen LogP contribution is 2.32. The fraction of sp³-hybridized carbons (Fsp3) is 0.235. The topological polar surface area (TPSA) is 89.1 Å². The highest BCUT2D eigenvalue weighted by Gasteiger charge is 2.13. The first-order chi connectivity index (χ1) is 12.8. The molecule has 7 nitrogen and oxygen atoms in total. The molecule has 0 saturated carbocycles. The van der Waals surface area contributed by atoms with Gasteiger partial charge in [0.05, 0.1) is 5.75 Å². The van der Waals surface area contributed by atoms with E-state index in [1.165, 1.54) is 16.6 Å². The molecule has 0 spiro atoms. The summed E-state index contributed by atoms with van der Waals surface area (Å²) in [5, 5.41) is 12.5. The van der Waals surface area contributed by atoms with Crippen molar-refractivity contribution >= 4 is 34.7 Å². The van der Waals surface area contributed by atoms with E-state index in [1.807, 2.05) is 11.4 Å². The molecule has 1 aliphatic heterocycles. The zero-order valence-electron chi connectivity index (χ0n) is 13.7. The van der Waals surface area contributed by atoms with Crippen LogP contribution >= 0.6 is 23.1 Å². The molecular weight excluding hydrogens is 372 g/mol. The van der Waals surface area contributed by atoms with E-state index in [2.05, 4.69) is 26.6 Å². The number of aromatic amines is 1. The summed E-state index contributed by atoms with van der Waals surface area (Å²) in [4.78, 5) is 17.8. The summed E-state index contributed by atoms with van der Waals surface area (Å²) >= 11 is 2.97. The summed E-state index contributed by atoms with van der Waals surface area (Å²) in [7, 11) is 0. The Morgan fingerprint density at radius 3 is 3.00 bits per heavy atom. The first-order valence-electron chi connectivity index (χ1n) is 8.02. The third-order valence-corrected chi connectivity index (χ3v) is 5.31. The zero-order chi connectivity index (χ0) is 17.8. The Morgan fingerprint density at radius 1 is 1.27 bits per heavy atom. The van der Waals surface area contributed by atoms with Gasteiger partial charge in [-0.3, -0.25) is 9.89 Å². The molecule has 0 atom stereocenters. The molecule has 9 heteroatoms. The number of nitrogens with zero attached hydrogens (tertiary/aromatic N) is 2. The second kappa shape index (κ2) is 7.79. The molecular formula is C17H16N4O3S2. The van der Waals surface area contributed by atoms with Gasteiger partial charge in [0, 0.05) is 23.1 Å². The number of aromatic nitrogens is 3. The average Bonchev–Trinajstić information content (AvgIpc) is 3.32. The van der Waals surface area contributed by atoms with Crippen LogP contribution in [0.15, 0.2) is 40.9 Å². The van der Waals surface area contributed by atoms with E-state index in [0.29, 0.717) is 42.0 Å². The molecule has 0 fully saturated rings. The van der Waals surface area contributed by atoms with Gasteiger partial charge < -0.3 is 14.8 Å². The minimum absolute atomic E-state index is 0.128. The van der Waals surface area contributed by atoms with Crippen molar-refractivity contribution in [3.63, 3.8) is 0 Å². The Kier molecular flexibility index (Phi) is 5.07. The molecule has 1 amide bonds. The van der Waals surface area contributed by atoms with Gasteiger partial charge in [0.1, 0.15) is 19.0 Å². The van der Waals surface area contributed by atoms with E-state index >= 15 is 0 Å². The van der Waals surface area contributed by atoms with Crippen molar-refractivity contribution in [3.8, 4) is 11.5 Å². The minimum atomic E-state index is -0.128. The predicted octanol–water partition coefficient (Wildman–Crippen LogP) is 2.96. The van der Waals surface area contributed by atoms with Crippen LogP contribution in [0, 0.1) is 0 Å². The van der Waals surface area contributed by atoms with Gasteiger partial charge in [-0.1, -0.05) is 17.8 Å². The number of hydrogen-bond acceptors (Lipinski definition) is 7. The van der Waals surface area contributed by atoms with Crippen molar-refractivity contribution < 1.29 is 14.3 Å². The van der Waals surface area contributed by atoms with Gasteiger partial charge >= 0.3 is 0 Å². The molecule has 0 unspecified atom stereocenters. The smallest absolute Gasteiger partial charge is 0.234 e. The lowest BCUT2D eigenvalue weighted by molar-refractivity contribution is -0.113. The molecule has 3 heterocycles. The predicted molar refractivity (Wildman–Crippen MR) is 100 cm³/mol. The Balaban J connectivity index is 1.29. The van der Waals surface area contributed by atoms with Crippen molar-refractivity contribution in [1.82, 2.24) is 15.2 Å². The maximum Gasteiger partial charge on any atom is 0.234 e. The van der Waals surface area contributed by atoms with Crippen LogP contribution in [0.2, 0.25) is 0 Å². The summed E-state index contributed by atoms with van der Waals surface area (Å²) in [5.41, 5.74) is 0.674. The molecule has 1 aromatic carbocycles. The molecule has 26 heavy (non-hydrogen) atoms. The number of thioether (sulfide) groups is 1. The normalized spacial score (nSPS) is 12.8. The molecule has 0 aliphatic carbocycles.